The van der Waals surface area contributed by atoms with E-state index in [1.54, 1.807) is 0 Å². The average Bonchev–Trinajstić information content (AvgIpc) is 3.04. The first-order valence-electron chi connectivity index (χ1n) is 6.91. The summed E-state index contributed by atoms with van der Waals surface area (Å²) in [5.41, 5.74) is 1.56. The van der Waals surface area contributed by atoms with Crippen LogP contribution in [0.3, 0.4) is 0 Å². The van der Waals surface area contributed by atoms with Crippen molar-refractivity contribution in [1.29, 1.82) is 0 Å². The zero-order valence-corrected chi connectivity index (χ0v) is 13.7. The van der Waals surface area contributed by atoms with Gasteiger partial charge in [0.05, 0.1) is 11.2 Å². The summed E-state index contributed by atoms with van der Waals surface area (Å²) in [7, 11) is 0. The molecule has 0 atom stereocenters. The van der Waals surface area contributed by atoms with Gasteiger partial charge in [-0.2, -0.15) is 10.1 Å². The molecule has 0 radical (unpaired) electrons. The Balaban J connectivity index is 1.85. The molecule has 3 aromatic rings. The smallest absolute Gasteiger partial charge is 0.287 e. The predicted octanol–water partition coefficient (Wildman–Crippen LogP) is 3.21. The molecule has 0 spiro atoms. The SMILES string of the molecule is CCc1ccc(-c2noc(Cn3ncc(Cl)c(Cl)c3=O)n2)cc1. The lowest BCUT2D eigenvalue weighted by molar-refractivity contribution is 0.363. The molecule has 0 fully saturated rings. The summed E-state index contributed by atoms with van der Waals surface area (Å²) in [6.45, 7) is 2.11. The molecule has 0 aliphatic rings. The molecule has 23 heavy (non-hydrogen) atoms. The topological polar surface area (TPSA) is 73.8 Å². The number of benzene rings is 1. The Morgan fingerprint density at radius 2 is 1.96 bits per heavy atom. The molecule has 0 aliphatic carbocycles. The van der Waals surface area contributed by atoms with Crippen LogP contribution in [0, 0.1) is 0 Å². The number of hydrogen-bond donors (Lipinski definition) is 0. The highest BCUT2D eigenvalue weighted by Crippen LogP contribution is 2.18. The van der Waals surface area contributed by atoms with E-state index in [1.165, 1.54) is 11.8 Å². The molecule has 0 unspecified atom stereocenters. The summed E-state index contributed by atoms with van der Waals surface area (Å²) in [6.07, 6.45) is 2.26. The summed E-state index contributed by atoms with van der Waals surface area (Å²) < 4.78 is 6.28. The van der Waals surface area contributed by atoms with Crippen LogP contribution in [0.5, 0.6) is 0 Å². The molecule has 2 aromatic heterocycles. The summed E-state index contributed by atoms with van der Waals surface area (Å²) in [5.74, 6) is 0.711. The molecule has 0 saturated heterocycles. The normalized spacial score (nSPS) is 10.9. The van der Waals surface area contributed by atoms with Crippen LogP contribution in [-0.4, -0.2) is 19.9 Å². The van der Waals surface area contributed by atoms with Crippen molar-refractivity contribution in [3.8, 4) is 11.4 Å². The van der Waals surface area contributed by atoms with Crippen LogP contribution in [0.1, 0.15) is 18.4 Å². The Morgan fingerprint density at radius 1 is 1.22 bits per heavy atom. The van der Waals surface area contributed by atoms with Crippen LogP contribution in [-0.2, 0) is 13.0 Å². The first-order valence-corrected chi connectivity index (χ1v) is 7.67. The quantitative estimate of drug-likeness (QED) is 0.722. The number of rotatable bonds is 4. The van der Waals surface area contributed by atoms with Gasteiger partial charge >= 0.3 is 0 Å². The molecule has 2 heterocycles. The Bertz CT molecular complexity index is 887. The van der Waals surface area contributed by atoms with Gasteiger partial charge in [0.15, 0.2) is 0 Å². The largest absolute Gasteiger partial charge is 0.337 e. The van der Waals surface area contributed by atoms with E-state index in [1.807, 2.05) is 24.3 Å². The number of hydrogen-bond acceptors (Lipinski definition) is 5. The van der Waals surface area contributed by atoms with E-state index >= 15 is 0 Å². The molecular weight excluding hydrogens is 339 g/mol. The maximum absolute atomic E-state index is 11.9. The standard InChI is InChI=1S/C15H12Cl2N4O2/c1-2-9-3-5-10(6-4-9)14-19-12(23-20-14)8-21-15(22)13(17)11(16)7-18-21/h3-7H,2,8H2,1H3. The third-order valence-electron chi connectivity index (χ3n) is 3.32. The molecule has 0 amide bonds. The van der Waals surface area contributed by atoms with Gasteiger partial charge in [-0.25, -0.2) is 4.68 Å². The summed E-state index contributed by atoms with van der Waals surface area (Å²) in [6, 6.07) is 7.88. The van der Waals surface area contributed by atoms with Gasteiger partial charge in [0, 0.05) is 5.56 Å². The van der Waals surface area contributed by atoms with E-state index in [4.69, 9.17) is 27.7 Å². The van der Waals surface area contributed by atoms with E-state index in [9.17, 15) is 4.79 Å². The van der Waals surface area contributed by atoms with Crippen LogP contribution in [0.2, 0.25) is 10.0 Å². The minimum Gasteiger partial charge on any atom is -0.337 e. The van der Waals surface area contributed by atoms with Gasteiger partial charge in [-0.1, -0.05) is 59.5 Å². The van der Waals surface area contributed by atoms with Crippen LogP contribution in [0.4, 0.5) is 0 Å². The summed E-state index contributed by atoms with van der Waals surface area (Å²) in [4.78, 5) is 16.2. The fraction of sp³-hybridized carbons (Fsp3) is 0.200. The zero-order chi connectivity index (χ0) is 16.4. The molecule has 0 bridgehead atoms. The summed E-state index contributed by atoms with van der Waals surface area (Å²) in [5, 5.41) is 7.84. The highest BCUT2D eigenvalue weighted by atomic mass is 35.5. The Labute approximate surface area is 141 Å². The molecule has 0 N–H and O–H groups in total. The third kappa shape index (κ3) is 3.28. The first kappa shape index (κ1) is 15.7. The number of halogens is 2. The Kier molecular flexibility index (Phi) is 4.45. The average molecular weight is 351 g/mol. The van der Waals surface area contributed by atoms with Gasteiger partial charge in [0.1, 0.15) is 11.6 Å². The predicted molar refractivity (Wildman–Crippen MR) is 86.7 cm³/mol. The molecule has 0 saturated carbocycles. The van der Waals surface area contributed by atoms with Crippen molar-refractivity contribution in [2.24, 2.45) is 0 Å². The Hall–Kier alpha value is -2.18. The van der Waals surface area contributed by atoms with Gasteiger partial charge in [-0.3, -0.25) is 4.79 Å². The van der Waals surface area contributed by atoms with Crippen molar-refractivity contribution in [3.63, 3.8) is 0 Å². The van der Waals surface area contributed by atoms with Crippen molar-refractivity contribution >= 4 is 23.2 Å². The van der Waals surface area contributed by atoms with Crippen molar-refractivity contribution in [3.05, 3.63) is 62.3 Å². The van der Waals surface area contributed by atoms with Gasteiger partial charge in [0.2, 0.25) is 11.7 Å². The van der Waals surface area contributed by atoms with E-state index < -0.39 is 5.56 Å². The maximum atomic E-state index is 11.9. The van der Waals surface area contributed by atoms with Crippen LogP contribution in [0.25, 0.3) is 11.4 Å². The van der Waals surface area contributed by atoms with E-state index in [0.717, 1.165) is 16.7 Å². The summed E-state index contributed by atoms with van der Waals surface area (Å²) >= 11 is 11.5. The molecule has 118 valence electrons. The highest BCUT2D eigenvalue weighted by Gasteiger charge is 2.13. The van der Waals surface area contributed by atoms with E-state index in [0.29, 0.717) is 5.82 Å². The number of aryl methyl sites for hydroxylation is 1. The van der Waals surface area contributed by atoms with Crippen LogP contribution >= 0.6 is 23.2 Å². The van der Waals surface area contributed by atoms with Crippen molar-refractivity contribution < 1.29 is 4.52 Å². The third-order valence-corrected chi connectivity index (χ3v) is 4.06. The van der Waals surface area contributed by atoms with Gasteiger partial charge in [0.25, 0.3) is 5.56 Å². The molecule has 6 nitrogen and oxygen atoms in total. The molecule has 8 heteroatoms. The fourth-order valence-electron chi connectivity index (χ4n) is 2.01. The minimum atomic E-state index is -0.508. The van der Waals surface area contributed by atoms with Crippen LogP contribution < -0.4 is 5.56 Å². The van der Waals surface area contributed by atoms with Gasteiger partial charge in [-0.05, 0) is 12.0 Å². The second-order valence-corrected chi connectivity index (χ2v) is 5.62. The van der Waals surface area contributed by atoms with Crippen molar-refractivity contribution in [1.82, 2.24) is 19.9 Å². The van der Waals surface area contributed by atoms with Crippen molar-refractivity contribution in [2.75, 3.05) is 0 Å². The zero-order valence-electron chi connectivity index (χ0n) is 12.2. The first-order chi connectivity index (χ1) is 11.1. The fourth-order valence-corrected chi connectivity index (χ4v) is 2.28. The maximum Gasteiger partial charge on any atom is 0.287 e. The number of aromatic nitrogens is 4. The lowest BCUT2D eigenvalue weighted by Gasteiger charge is -2.01. The number of nitrogens with zero attached hydrogens (tertiary/aromatic N) is 4. The van der Waals surface area contributed by atoms with E-state index in [2.05, 4.69) is 22.2 Å². The van der Waals surface area contributed by atoms with Crippen molar-refractivity contribution in [2.45, 2.75) is 19.9 Å². The molecule has 0 aliphatic heterocycles. The minimum absolute atomic E-state index is 0.0236. The van der Waals surface area contributed by atoms with Crippen LogP contribution in [0.15, 0.2) is 39.8 Å². The second kappa shape index (κ2) is 6.52. The highest BCUT2D eigenvalue weighted by molar-refractivity contribution is 6.41. The molecule has 3 rings (SSSR count). The Morgan fingerprint density at radius 3 is 2.65 bits per heavy atom. The van der Waals surface area contributed by atoms with Gasteiger partial charge in [-0.15, -0.1) is 0 Å². The molecular formula is C15H12Cl2N4O2. The lowest BCUT2D eigenvalue weighted by atomic mass is 10.1. The molecule has 1 aromatic carbocycles. The monoisotopic (exact) mass is 350 g/mol. The van der Waals surface area contributed by atoms with E-state index in [-0.39, 0.29) is 22.5 Å². The second-order valence-electron chi connectivity index (χ2n) is 4.83. The van der Waals surface area contributed by atoms with Gasteiger partial charge < -0.3 is 4.52 Å². The lowest BCUT2D eigenvalue weighted by Crippen LogP contribution is -2.23.